The molecule has 0 spiro atoms. The van der Waals surface area contributed by atoms with Crippen molar-refractivity contribution < 1.29 is 0 Å². The molecule has 0 saturated heterocycles. The van der Waals surface area contributed by atoms with Gasteiger partial charge in [-0.1, -0.05) is 0 Å². The van der Waals surface area contributed by atoms with Gasteiger partial charge < -0.3 is 0 Å². The molecule has 0 bridgehead atoms. The molecule has 0 aliphatic heterocycles. The van der Waals surface area contributed by atoms with Crippen molar-refractivity contribution in [3.63, 3.8) is 0 Å². The molecule has 0 amide bonds. The summed E-state index contributed by atoms with van der Waals surface area (Å²) in [5.74, 6) is 0. The zero-order valence-electron chi connectivity index (χ0n) is 22.4. The fourth-order valence-electron chi connectivity index (χ4n) is 6.83. The zero-order chi connectivity index (χ0) is 25.2. The Morgan fingerprint density at radius 2 is 0.632 bits per heavy atom. The van der Waals surface area contributed by atoms with E-state index in [0.717, 1.165) is 6.16 Å². The Morgan fingerprint density at radius 1 is 0.395 bits per heavy atom. The van der Waals surface area contributed by atoms with E-state index < -0.39 is 12.6 Å². The zero-order valence-corrected chi connectivity index (χ0v) is 27.3. The fraction of sp³-hybridized carbons (Fsp3) is 0.118. The molecule has 5 rings (SSSR count). The molecule has 0 fully saturated rings. The van der Waals surface area contributed by atoms with E-state index in [1.54, 1.807) is 0 Å². The summed E-state index contributed by atoms with van der Waals surface area (Å²) in [7, 11) is 0. The molecule has 198 valence electrons. The summed E-state index contributed by atoms with van der Waals surface area (Å²) in [6.45, 7) is 7.95. The molecule has 0 saturated carbocycles. The molecule has 0 N–H and O–H groups in total. The predicted molar refractivity (Wildman–Crippen MR) is 189 cm³/mol. The van der Waals surface area contributed by atoms with Crippen LogP contribution in [0.1, 0.15) is 5.56 Å². The van der Waals surface area contributed by atoms with Gasteiger partial charge in [0.25, 0.3) is 0 Å². The van der Waals surface area contributed by atoms with Crippen LogP contribution in [0, 0.1) is 0 Å². The standard InChI is InChI=1S/C34H36P2.ClH.HI/c1-35(2,3,29-30-19-9-4-10-20-30)36(31-21-11-5-12-22-31,32-23-13-6-14-24-32,33-25-15-7-16-26-33)34-27-17-8-18-28-34;;/h4-28H,29H2,1-3H3;2*1H. The molecule has 0 nitrogen and oxygen atoms in total. The smallest absolute Gasteiger partial charge is 0.107 e. The van der Waals surface area contributed by atoms with E-state index in [0.29, 0.717) is 0 Å². The Morgan fingerprint density at radius 3 is 0.895 bits per heavy atom. The van der Waals surface area contributed by atoms with Crippen molar-refractivity contribution in [1.29, 1.82) is 0 Å². The topological polar surface area (TPSA) is 0 Å². The summed E-state index contributed by atoms with van der Waals surface area (Å²) in [5.41, 5.74) is 1.41. The second kappa shape index (κ2) is 11.6. The normalized spacial score (nSPS) is 13.4. The van der Waals surface area contributed by atoms with Gasteiger partial charge in [-0.05, 0) is 0 Å². The van der Waals surface area contributed by atoms with Gasteiger partial charge in [-0.25, -0.2) is 0 Å². The Kier molecular flexibility index (Phi) is 9.33. The van der Waals surface area contributed by atoms with Crippen molar-refractivity contribution in [3.05, 3.63) is 157 Å². The van der Waals surface area contributed by atoms with Crippen LogP contribution in [0.15, 0.2) is 152 Å². The van der Waals surface area contributed by atoms with E-state index in [1.165, 1.54) is 26.8 Å². The molecular formula is C34H38ClIP2. The Hall–Kier alpha value is -2.02. The molecule has 0 heterocycles. The third-order valence-corrected chi connectivity index (χ3v) is 29.8. The van der Waals surface area contributed by atoms with Crippen molar-refractivity contribution in [2.45, 2.75) is 6.16 Å². The van der Waals surface area contributed by atoms with Crippen LogP contribution in [0.3, 0.4) is 0 Å². The summed E-state index contributed by atoms with van der Waals surface area (Å²) < 4.78 is 0. The van der Waals surface area contributed by atoms with Gasteiger partial charge in [-0.15, -0.1) is 36.4 Å². The summed E-state index contributed by atoms with van der Waals surface area (Å²) in [4.78, 5) is 0. The van der Waals surface area contributed by atoms with E-state index in [9.17, 15) is 0 Å². The van der Waals surface area contributed by atoms with Crippen molar-refractivity contribution in [2.75, 3.05) is 20.0 Å². The predicted octanol–water partition coefficient (Wildman–Crippen LogP) is 8.44. The van der Waals surface area contributed by atoms with Gasteiger partial charge in [0, 0.05) is 0 Å². The third-order valence-electron chi connectivity index (χ3n) is 8.09. The van der Waals surface area contributed by atoms with Crippen molar-refractivity contribution in [1.82, 2.24) is 0 Å². The van der Waals surface area contributed by atoms with Crippen molar-refractivity contribution >= 4 is 70.2 Å². The molecule has 5 aromatic carbocycles. The van der Waals surface area contributed by atoms with E-state index in [4.69, 9.17) is 0 Å². The van der Waals surface area contributed by atoms with Crippen LogP contribution in [0.25, 0.3) is 0 Å². The second-order valence-corrected chi connectivity index (χ2v) is 28.5. The molecular weight excluding hydrogens is 633 g/mol. The first kappa shape index (κ1) is 30.5. The summed E-state index contributed by atoms with van der Waals surface area (Å²) in [5, 5.41) is 5.81. The van der Waals surface area contributed by atoms with Crippen LogP contribution in [0.4, 0.5) is 0 Å². The minimum Gasteiger partial charge on any atom is -0.147 e. The molecule has 38 heavy (non-hydrogen) atoms. The molecule has 0 aromatic heterocycles. The summed E-state index contributed by atoms with van der Waals surface area (Å²) in [6, 6.07) is 56.9. The molecule has 0 radical (unpaired) electrons. The first-order chi connectivity index (χ1) is 17.4. The van der Waals surface area contributed by atoms with Crippen LogP contribution >= 0.6 is 49.0 Å². The molecule has 0 atom stereocenters. The van der Waals surface area contributed by atoms with Gasteiger partial charge in [-0.3, -0.25) is 0 Å². The summed E-state index contributed by atoms with van der Waals surface area (Å²) >= 11 is 0. The van der Waals surface area contributed by atoms with Crippen LogP contribution in [-0.2, 0) is 6.16 Å². The van der Waals surface area contributed by atoms with Gasteiger partial charge >= 0.3 is 217 Å². The van der Waals surface area contributed by atoms with Crippen LogP contribution in [-0.4, -0.2) is 20.0 Å². The van der Waals surface area contributed by atoms with Gasteiger partial charge in [0.05, 0.1) is 0 Å². The Labute approximate surface area is 252 Å². The number of halogens is 2. The van der Waals surface area contributed by atoms with Gasteiger partial charge in [0.1, 0.15) is 0 Å². The minimum atomic E-state index is -3.30. The van der Waals surface area contributed by atoms with Crippen LogP contribution in [0.2, 0.25) is 0 Å². The number of rotatable bonds is 7. The molecule has 4 heteroatoms. The first-order valence-corrected chi connectivity index (χ1v) is 19.4. The fourth-order valence-corrected chi connectivity index (χ4v) is 30.0. The van der Waals surface area contributed by atoms with E-state index in [2.05, 4.69) is 172 Å². The average Bonchev–Trinajstić information content (AvgIpc) is 2.92. The minimum absolute atomic E-state index is 0. The van der Waals surface area contributed by atoms with E-state index in [-0.39, 0.29) is 36.4 Å². The van der Waals surface area contributed by atoms with Crippen molar-refractivity contribution in [3.8, 4) is 0 Å². The Balaban J connectivity index is 0.00000200. The molecule has 0 aliphatic rings. The molecule has 0 aliphatic carbocycles. The Bertz CT molecular complexity index is 1260. The van der Waals surface area contributed by atoms with Gasteiger partial charge in [-0.2, -0.15) is 0 Å². The van der Waals surface area contributed by atoms with Crippen LogP contribution < -0.4 is 21.2 Å². The van der Waals surface area contributed by atoms with E-state index in [1.807, 2.05) is 0 Å². The average molecular weight is 671 g/mol. The van der Waals surface area contributed by atoms with E-state index >= 15 is 0 Å². The van der Waals surface area contributed by atoms with Gasteiger partial charge in [0.2, 0.25) is 0 Å². The van der Waals surface area contributed by atoms with Crippen LogP contribution in [0.5, 0.6) is 0 Å². The number of hydrogen-bond acceptors (Lipinski definition) is 0. The van der Waals surface area contributed by atoms with Gasteiger partial charge in [0.15, 0.2) is 0 Å². The first-order valence-electron chi connectivity index (χ1n) is 12.7. The quantitative estimate of drug-likeness (QED) is 0.121. The maximum Gasteiger partial charge on any atom is -0.107 e. The maximum absolute atomic E-state index is 3.30. The number of hydrogen-bond donors (Lipinski definition) is 0. The second-order valence-electron chi connectivity index (χ2n) is 11.1. The maximum atomic E-state index is 2.65. The molecule has 5 aromatic rings. The number of benzene rings is 5. The molecule has 0 unspecified atom stereocenters. The SMILES string of the molecule is CP(C)(C)(Cc1ccccc1)P(c1ccccc1)(c1ccccc1)(c1ccccc1)c1ccccc1.Cl.I. The van der Waals surface area contributed by atoms with Crippen molar-refractivity contribution in [2.24, 2.45) is 0 Å². The summed E-state index contributed by atoms with van der Waals surface area (Å²) in [6.07, 6.45) is -4.98. The monoisotopic (exact) mass is 670 g/mol. The largest absolute Gasteiger partial charge is 0.147 e. The third kappa shape index (κ3) is 4.37.